The van der Waals surface area contributed by atoms with Crippen LogP contribution in [-0.4, -0.2) is 13.0 Å². The summed E-state index contributed by atoms with van der Waals surface area (Å²) in [5, 5.41) is 12.4. The molecule has 5 nitrogen and oxygen atoms in total. The summed E-state index contributed by atoms with van der Waals surface area (Å²) in [6, 6.07) is 19.2. The monoisotopic (exact) mass is 616 g/mol. The van der Waals surface area contributed by atoms with Gasteiger partial charge in [-0.15, -0.1) is 0 Å². The van der Waals surface area contributed by atoms with Crippen LogP contribution >= 0.6 is 38.5 Å². The number of methoxy groups -OCH3 is 1. The normalized spacial score (nSPS) is 11.0. The number of amides is 1. The molecule has 1 amide bonds. The standard InChI is InChI=1S/C26H22BrIN2O3/c1-16-5-4-6-23(17(16)2)30-26(31)20(14-29)11-19-12-24(32-3)25(13-22(19)27)33-15-18-7-9-21(28)10-8-18/h4-13H,15H2,1-3H3,(H,30,31)/b20-11+. The highest BCUT2D eigenvalue weighted by Gasteiger charge is 2.15. The van der Waals surface area contributed by atoms with E-state index in [2.05, 4.69) is 43.8 Å². The van der Waals surface area contributed by atoms with Crippen molar-refractivity contribution < 1.29 is 14.3 Å². The molecule has 1 N–H and O–H groups in total. The average Bonchev–Trinajstić information content (AvgIpc) is 2.81. The number of anilines is 1. The molecule has 168 valence electrons. The van der Waals surface area contributed by atoms with E-state index in [0.717, 1.165) is 20.3 Å². The highest BCUT2D eigenvalue weighted by Crippen LogP contribution is 2.35. The molecule has 0 unspecified atom stereocenters. The van der Waals surface area contributed by atoms with E-state index in [1.165, 1.54) is 6.08 Å². The van der Waals surface area contributed by atoms with Crippen molar-refractivity contribution in [2.75, 3.05) is 12.4 Å². The second-order valence-corrected chi connectivity index (χ2v) is 9.41. The molecule has 3 rings (SSSR count). The first kappa shape index (κ1) is 24.8. The van der Waals surface area contributed by atoms with Crippen molar-refractivity contribution in [3.8, 4) is 17.6 Å². The number of aryl methyl sites for hydroxylation is 1. The molecule has 0 aliphatic heterocycles. The minimum Gasteiger partial charge on any atom is -0.493 e. The summed E-state index contributed by atoms with van der Waals surface area (Å²) in [4.78, 5) is 12.8. The molecule has 3 aromatic carbocycles. The number of hydrogen-bond donors (Lipinski definition) is 1. The van der Waals surface area contributed by atoms with Crippen LogP contribution in [0.25, 0.3) is 6.08 Å². The SMILES string of the molecule is COc1cc(/C=C(\C#N)C(=O)Nc2cccc(C)c2C)c(Br)cc1OCc1ccc(I)cc1. The Morgan fingerprint density at radius 3 is 2.55 bits per heavy atom. The Morgan fingerprint density at radius 2 is 1.88 bits per heavy atom. The summed E-state index contributed by atoms with van der Waals surface area (Å²) in [6.07, 6.45) is 1.52. The third-order valence-electron chi connectivity index (χ3n) is 5.11. The van der Waals surface area contributed by atoms with E-state index in [4.69, 9.17) is 9.47 Å². The Labute approximate surface area is 215 Å². The van der Waals surface area contributed by atoms with Crippen molar-refractivity contribution in [1.82, 2.24) is 0 Å². The lowest BCUT2D eigenvalue weighted by Gasteiger charge is -2.13. The lowest BCUT2D eigenvalue weighted by Crippen LogP contribution is -2.14. The molecule has 0 bridgehead atoms. The number of halogens is 2. The van der Waals surface area contributed by atoms with Gasteiger partial charge in [0.1, 0.15) is 18.2 Å². The zero-order valence-electron chi connectivity index (χ0n) is 18.4. The zero-order chi connectivity index (χ0) is 24.0. The van der Waals surface area contributed by atoms with Crippen LogP contribution in [0.2, 0.25) is 0 Å². The molecule has 0 radical (unpaired) electrons. The van der Waals surface area contributed by atoms with E-state index in [1.807, 2.05) is 62.4 Å². The fourth-order valence-corrected chi connectivity index (χ4v) is 3.85. The fourth-order valence-electron chi connectivity index (χ4n) is 3.06. The topological polar surface area (TPSA) is 71.3 Å². The molecule has 3 aromatic rings. The van der Waals surface area contributed by atoms with E-state index in [0.29, 0.717) is 33.8 Å². The van der Waals surface area contributed by atoms with Crippen molar-refractivity contribution in [2.24, 2.45) is 0 Å². The molecule has 0 aliphatic rings. The van der Waals surface area contributed by atoms with Crippen LogP contribution in [-0.2, 0) is 11.4 Å². The van der Waals surface area contributed by atoms with Crippen LogP contribution in [0.15, 0.2) is 64.6 Å². The number of nitrogens with zero attached hydrogens (tertiary/aromatic N) is 1. The number of carbonyl (C=O) groups is 1. The summed E-state index contributed by atoms with van der Waals surface area (Å²) < 4.78 is 13.3. The highest BCUT2D eigenvalue weighted by atomic mass is 127. The Morgan fingerprint density at radius 1 is 1.15 bits per heavy atom. The van der Waals surface area contributed by atoms with Gasteiger partial charge in [-0.2, -0.15) is 5.26 Å². The first-order chi connectivity index (χ1) is 15.8. The number of carbonyl (C=O) groups excluding carboxylic acids is 1. The van der Waals surface area contributed by atoms with E-state index in [9.17, 15) is 10.1 Å². The molecule has 7 heteroatoms. The maximum Gasteiger partial charge on any atom is 0.266 e. The Bertz CT molecular complexity index is 1250. The largest absolute Gasteiger partial charge is 0.493 e. The van der Waals surface area contributed by atoms with Crippen LogP contribution in [0.5, 0.6) is 11.5 Å². The summed E-state index contributed by atoms with van der Waals surface area (Å²) in [5.74, 6) is 0.580. The number of benzene rings is 3. The molecule has 0 saturated carbocycles. The average molecular weight is 617 g/mol. The Kier molecular flexibility index (Phi) is 8.53. The summed E-state index contributed by atoms with van der Waals surface area (Å²) in [6.45, 7) is 4.28. The van der Waals surface area contributed by atoms with Gasteiger partial charge in [-0.25, -0.2) is 0 Å². The minimum atomic E-state index is -0.476. The number of rotatable bonds is 7. The van der Waals surface area contributed by atoms with Gasteiger partial charge in [-0.05, 0) is 95.1 Å². The van der Waals surface area contributed by atoms with Crippen LogP contribution in [0.4, 0.5) is 5.69 Å². The zero-order valence-corrected chi connectivity index (χ0v) is 22.2. The lowest BCUT2D eigenvalue weighted by molar-refractivity contribution is -0.112. The van der Waals surface area contributed by atoms with Crippen LogP contribution in [0, 0.1) is 28.7 Å². The molecule has 0 spiro atoms. The van der Waals surface area contributed by atoms with Gasteiger partial charge >= 0.3 is 0 Å². The maximum atomic E-state index is 12.8. The molecule has 0 aromatic heterocycles. The third kappa shape index (κ3) is 6.36. The van der Waals surface area contributed by atoms with E-state index >= 15 is 0 Å². The smallest absolute Gasteiger partial charge is 0.266 e. The maximum absolute atomic E-state index is 12.8. The lowest BCUT2D eigenvalue weighted by atomic mass is 10.1. The van der Waals surface area contributed by atoms with Crippen molar-refractivity contribution in [1.29, 1.82) is 5.26 Å². The predicted molar refractivity (Wildman–Crippen MR) is 142 cm³/mol. The van der Waals surface area contributed by atoms with Crippen LogP contribution in [0.3, 0.4) is 0 Å². The molecule has 0 saturated heterocycles. The van der Waals surface area contributed by atoms with Gasteiger partial charge < -0.3 is 14.8 Å². The summed E-state index contributed by atoms with van der Waals surface area (Å²) in [7, 11) is 1.55. The van der Waals surface area contributed by atoms with Crippen molar-refractivity contribution in [3.63, 3.8) is 0 Å². The van der Waals surface area contributed by atoms with Gasteiger partial charge in [0.05, 0.1) is 7.11 Å². The van der Waals surface area contributed by atoms with Gasteiger partial charge in [0, 0.05) is 13.7 Å². The van der Waals surface area contributed by atoms with Crippen molar-refractivity contribution >= 4 is 56.2 Å². The fraction of sp³-hybridized carbons (Fsp3) is 0.154. The van der Waals surface area contributed by atoms with Gasteiger partial charge in [0.15, 0.2) is 11.5 Å². The minimum absolute atomic E-state index is 0.0220. The Balaban J connectivity index is 1.83. The number of nitriles is 1. The van der Waals surface area contributed by atoms with E-state index < -0.39 is 5.91 Å². The molecule has 0 aliphatic carbocycles. The third-order valence-corrected chi connectivity index (χ3v) is 6.51. The molecular weight excluding hydrogens is 595 g/mol. The molecule has 33 heavy (non-hydrogen) atoms. The van der Waals surface area contributed by atoms with Gasteiger partial charge in [-0.1, -0.05) is 40.2 Å². The second kappa shape index (κ2) is 11.3. The number of ether oxygens (including phenoxy) is 2. The summed E-state index contributed by atoms with van der Waals surface area (Å²) >= 11 is 5.78. The van der Waals surface area contributed by atoms with Crippen LogP contribution in [0.1, 0.15) is 22.3 Å². The van der Waals surface area contributed by atoms with E-state index in [1.54, 1.807) is 19.2 Å². The summed E-state index contributed by atoms with van der Waals surface area (Å²) in [5.41, 5.74) is 4.33. The van der Waals surface area contributed by atoms with Crippen molar-refractivity contribution in [2.45, 2.75) is 20.5 Å². The second-order valence-electron chi connectivity index (χ2n) is 7.31. The van der Waals surface area contributed by atoms with Gasteiger partial charge in [-0.3, -0.25) is 4.79 Å². The molecule has 0 fully saturated rings. The number of nitrogens with one attached hydrogen (secondary N) is 1. The first-order valence-electron chi connectivity index (χ1n) is 10.1. The molecule has 0 heterocycles. The van der Waals surface area contributed by atoms with Gasteiger partial charge in [0.25, 0.3) is 5.91 Å². The van der Waals surface area contributed by atoms with Crippen LogP contribution < -0.4 is 14.8 Å². The number of hydrogen-bond acceptors (Lipinski definition) is 4. The van der Waals surface area contributed by atoms with Gasteiger partial charge in [0.2, 0.25) is 0 Å². The first-order valence-corrected chi connectivity index (χ1v) is 11.9. The Hall–Kier alpha value is -2.83. The van der Waals surface area contributed by atoms with Crippen molar-refractivity contribution in [3.05, 3.63) is 90.5 Å². The van der Waals surface area contributed by atoms with E-state index in [-0.39, 0.29) is 5.57 Å². The molecular formula is C26H22BrIN2O3. The highest BCUT2D eigenvalue weighted by molar-refractivity contribution is 14.1. The molecule has 0 atom stereocenters. The quantitative estimate of drug-likeness (QED) is 0.180. The predicted octanol–water partition coefficient (Wildman–Crippen LogP) is 6.80.